The number of amides is 2. The van der Waals surface area contributed by atoms with Crippen molar-refractivity contribution in [3.8, 4) is 17.3 Å². The Morgan fingerprint density at radius 2 is 2.17 bits per heavy atom. The first-order valence-corrected chi connectivity index (χ1v) is 9.86. The lowest BCUT2D eigenvalue weighted by molar-refractivity contribution is -0.118. The van der Waals surface area contributed by atoms with Crippen LogP contribution in [-0.4, -0.2) is 39.4 Å². The number of rotatable bonds is 9. The fourth-order valence-electron chi connectivity index (χ4n) is 2.50. The Labute approximate surface area is 175 Å². The fourth-order valence-corrected chi connectivity index (χ4v) is 3.44. The summed E-state index contributed by atoms with van der Waals surface area (Å²) >= 11 is 7.15. The molecule has 3 N–H and O–H groups in total. The average molecular weight is 436 g/mol. The highest BCUT2D eigenvalue weighted by molar-refractivity contribution is 7.99. The van der Waals surface area contributed by atoms with Crippen molar-refractivity contribution >= 4 is 40.9 Å². The molecule has 0 atom stereocenters. The molecule has 3 aromatic rings. The van der Waals surface area contributed by atoms with Crippen LogP contribution in [0.2, 0.25) is 5.02 Å². The largest absolute Gasteiger partial charge is 0.495 e. The zero-order chi connectivity index (χ0) is 20.8. The van der Waals surface area contributed by atoms with Gasteiger partial charge in [-0.15, -0.1) is 10.2 Å². The Morgan fingerprint density at radius 3 is 2.86 bits per heavy atom. The van der Waals surface area contributed by atoms with E-state index in [2.05, 4.69) is 15.5 Å². The number of furan rings is 1. The predicted molar refractivity (Wildman–Crippen MR) is 109 cm³/mol. The van der Waals surface area contributed by atoms with Crippen LogP contribution in [0.25, 0.3) is 11.6 Å². The number of anilines is 1. The van der Waals surface area contributed by atoms with E-state index in [0.717, 1.165) is 0 Å². The summed E-state index contributed by atoms with van der Waals surface area (Å²) in [4.78, 5) is 23.6. The normalized spacial score (nSPS) is 10.7. The van der Waals surface area contributed by atoms with E-state index in [1.165, 1.54) is 25.1 Å². The van der Waals surface area contributed by atoms with Crippen LogP contribution in [0.15, 0.2) is 46.2 Å². The molecule has 0 saturated heterocycles. The number of nitrogens with zero attached hydrogens (tertiary/aromatic N) is 3. The van der Waals surface area contributed by atoms with Gasteiger partial charge in [-0.3, -0.25) is 14.2 Å². The van der Waals surface area contributed by atoms with Gasteiger partial charge in [0.25, 0.3) is 0 Å². The number of primary amides is 1. The van der Waals surface area contributed by atoms with Crippen molar-refractivity contribution in [3.05, 3.63) is 41.6 Å². The molecule has 29 heavy (non-hydrogen) atoms. The van der Waals surface area contributed by atoms with Crippen molar-refractivity contribution in [2.45, 2.75) is 18.1 Å². The molecule has 0 spiro atoms. The monoisotopic (exact) mass is 435 g/mol. The molecular weight excluding hydrogens is 418 g/mol. The van der Waals surface area contributed by atoms with E-state index < -0.39 is 5.91 Å². The number of hydrogen-bond acceptors (Lipinski definition) is 7. The van der Waals surface area contributed by atoms with E-state index in [1.54, 1.807) is 34.9 Å². The van der Waals surface area contributed by atoms with Gasteiger partial charge in [0, 0.05) is 18.0 Å². The zero-order valence-corrected chi connectivity index (χ0v) is 17.0. The Balaban J connectivity index is 1.72. The standard InChI is InChI=1S/C18H18ClN5O4S/c1-27-13-5-4-11(19)9-12(13)21-16(26)10-29-18-23-22-17(14-3-2-8-28-14)24(18)7-6-15(20)25/h2-5,8-9H,6-7,10H2,1H3,(H2,20,25)(H,21,26). The lowest BCUT2D eigenvalue weighted by Crippen LogP contribution is -2.17. The second-order valence-corrected chi connectivity index (χ2v) is 7.21. The molecule has 2 amide bonds. The molecular formula is C18H18ClN5O4S. The summed E-state index contributed by atoms with van der Waals surface area (Å²) in [6.07, 6.45) is 1.62. The van der Waals surface area contributed by atoms with Gasteiger partial charge in [-0.2, -0.15) is 0 Å². The molecule has 152 valence electrons. The first-order valence-electron chi connectivity index (χ1n) is 8.49. The van der Waals surface area contributed by atoms with Gasteiger partial charge in [0.1, 0.15) is 5.75 Å². The summed E-state index contributed by atoms with van der Waals surface area (Å²) in [6.45, 7) is 0.268. The molecule has 0 fully saturated rings. The van der Waals surface area contributed by atoms with Gasteiger partial charge in [-0.1, -0.05) is 23.4 Å². The van der Waals surface area contributed by atoms with Crippen LogP contribution in [0.3, 0.4) is 0 Å². The number of methoxy groups -OCH3 is 1. The predicted octanol–water partition coefficient (Wildman–Crippen LogP) is 2.81. The lowest BCUT2D eigenvalue weighted by Gasteiger charge is -2.11. The van der Waals surface area contributed by atoms with Gasteiger partial charge in [-0.05, 0) is 30.3 Å². The smallest absolute Gasteiger partial charge is 0.234 e. The molecule has 0 unspecified atom stereocenters. The topological polar surface area (TPSA) is 125 Å². The van der Waals surface area contributed by atoms with Gasteiger partial charge in [-0.25, -0.2) is 0 Å². The number of thioether (sulfide) groups is 1. The molecule has 1 aromatic carbocycles. The maximum atomic E-state index is 12.4. The highest BCUT2D eigenvalue weighted by Gasteiger charge is 2.18. The summed E-state index contributed by atoms with van der Waals surface area (Å²) in [5.74, 6) is 0.781. The summed E-state index contributed by atoms with van der Waals surface area (Å²) in [5.41, 5.74) is 5.73. The molecule has 3 rings (SSSR count). The molecule has 0 aliphatic rings. The Bertz CT molecular complexity index is 1010. The van der Waals surface area contributed by atoms with Crippen molar-refractivity contribution in [2.75, 3.05) is 18.2 Å². The number of carbonyl (C=O) groups is 2. The van der Waals surface area contributed by atoms with Crippen LogP contribution >= 0.6 is 23.4 Å². The third kappa shape index (κ3) is 5.30. The highest BCUT2D eigenvalue weighted by atomic mass is 35.5. The third-order valence-electron chi connectivity index (χ3n) is 3.81. The summed E-state index contributed by atoms with van der Waals surface area (Å²) < 4.78 is 12.3. The van der Waals surface area contributed by atoms with Crippen molar-refractivity contribution in [1.29, 1.82) is 0 Å². The van der Waals surface area contributed by atoms with Crippen molar-refractivity contribution in [2.24, 2.45) is 5.73 Å². The molecule has 0 aliphatic carbocycles. The second-order valence-electron chi connectivity index (χ2n) is 5.83. The van der Waals surface area contributed by atoms with Crippen LogP contribution in [0, 0.1) is 0 Å². The summed E-state index contributed by atoms with van der Waals surface area (Å²) in [7, 11) is 1.50. The SMILES string of the molecule is COc1ccc(Cl)cc1NC(=O)CSc1nnc(-c2ccco2)n1CCC(N)=O. The first kappa shape index (κ1) is 20.7. The summed E-state index contributed by atoms with van der Waals surface area (Å²) in [5, 5.41) is 11.9. The van der Waals surface area contributed by atoms with Crippen LogP contribution in [-0.2, 0) is 16.1 Å². The minimum Gasteiger partial charge on any atom is -0.495 e. The minimum absolute atomic E-state index is 0.0581. The van der Waals surface area contributed by atoms with Gasteiger partial charge in [0.2, 0.25) is 11.8 Å². The average Bonchev–Trinajstić information content (AvgIpc) is 3.34. The van der Waals surface area contributed by atoms with Gasteiger partial charge < -0.3 is 20.2 Å². The van der Waals surface area contributed by atoms with Crippen LogP contribution in [0.4, 0.5) is 5.69 Å². The Hall–Kier alpha value is -2.98. The van der Waals surface area contributed by atoms with Crippen LogP contribution < -0.4 is 15.8 Å². The highest BCUT2D eigenvalue weighted by Crippen LogP contribution is 2.29. The van der Waals surface area contributed by atoms with E-state index >= 15 is 0 Å². The third-order valence-corrected chi connectivity index (χ3v) is 5.01. The second kappa shape index (κ2) is 9.48. The summed E-state index contributed by atoms with van der Waals surface area (Å²) in [6, 6.07) is 8.40. The van der Waals surface area contributed by atoms with E-state index in [0.29, 0.717) is 33.2 Å². The van der Waals surface area contributed by atoms with Gasteiger partial charge in [0.05, 0.1) is 24.8 Å². The molecule has 0 saturated carbocycles. The van der Waals surface area contributed by atoms with E-state index in [1.807, 2.05) is 0 Å². The molecule has 0 aliphatic heterocycles. The maximum Gasteiger partial charge on any atom is 0.234 e. The zero-order valence-electron chi connectivity index (χ0n) is 15.4. The number of carbonyl (C=O) groups excluding carboxylic acids is 2. The minimum atomic E-state index is -0.453. The molecule has 11 heteroatoms. The number of halogens is 1. The Morgan fingerprint density at radius 1 is 1.34 bits per heavy atom. The molecule has 2 aromatic heterocycles. The maximum absolute atomic E-state index is 12.4. The van der Waals surface area contributed by atoms with Crippen LogP contribution in [0.1, 0.15) is 6.42 Å². The van der Waals surface area contributed by atoms with Crippen molar-refractivity contribution < 1.29 is 18.7 Å². The Kier molecular flexibility index (Phi) is 6.78. The number of ether oxygens (including phenoxy) is 1. The molecule has 9 nitrogen and oxygen atoms in total. The van der Waals surface area contributed by atoms with Crippen LogP contribution in [0.5, 0.6) is 5.75 Å². The van der Waals surface area contributed by atoms with Gasteiger partial charge in [0.15, 0.2) is 16.7 Å². The number of nitrogens with two attached hydrogens (primary N) is 1. The number of benzene rings is 1. The number of nitrogens with one attached hydrogen (secondary N) is 1. The van der Waals surface area contributed by atoms with Crippen molar-refractivity contribution in [1.82, 2.24) is 14.8 Å². The lowest BCUT2D eigenvalue weighted by atomic mass is 10.3. The number of aromatic nitrogens is 3. The van der Waals surface area contributed by atoms with E-state index in [4.69, 9.17) is 26.5 Å². The molecule has 0 radical (unpaired) electrons. The first-order chi connectivity index (χ1) is 14.0. The van der Waals surface area contributed by atoms with E-state index in [9.17, 15) is 9.59 Å². The fraction of sp³-hybridized carbons (Fsp3) is 0.222. The quantitative estimate of drug-likeness (QED) is 0.495. The van der Waals surface area contributed by atoms with Crippen molar-refractivity contribution in [3.63, 3.8) is 0 Å². The number of hydrogen-bond donors (Lipinski definition) is 2. The molecule has 0 bridgehead atoms. The van der Waals surface area contributed by atoms with Gasteiger partial charge >= 0.3 is 0 Å². The molecule has 2 heterocycles. The van der Waals surface area contributed by atoms with E-state index in [-0.39, 0.29) is 24.6 Å².